The number of hydrogen-bond acceptors (Lipinski definition) is 3. The van der Waals surface area contributed by atoms with Crippen molar-refractivity contribution in [2.45, 2.75) is 6.92 Å². The van der Waals surface area contributed by atoms with Crippen LogP contribution in [0.3, 0.4) is 0 Å². The van der Waals surface area contributed by atoms with Gasteiger partial charge >= 0.3 is 0 Å². The van der Waals surface area contributed by atoms with Crippen LogP contribution in [0.4, 0.5) is 0 Å². The third-order valence-electron chi connectivity index (χ3n) is 3.20. The van der Waals surface area contributed by atoms with Gasteiger partial charge in [0.15, 0.2) is 5.78 Å². The lowest BCUT2D eigenvalue weighted by Gasteiger charge is -2.01. The first-order valence-corrected chi connectivity index (χ1v) is 7.91. The fraction of sp³-hybridized carbons (Fsp3) is 0.200. The van der Waals surface area contributed by atoms with E-state index in [1.54, 1.807) is 24.0 Å². The second kappa shape index (κ2) is 5.46. The summed E-state index contributed by atoms with van der Waals surface area (Å²) in [5.41, 5.74) is 2.42. The van der Waals surface area contributed by atoms with Gasteiger partial charge < -0.3 is 4.98 Å². The smallest absolute Gasteiger partial charge is 0.172 e. The summed E-state index contributed by atoms with van der Waals surface area (Å²) in [5, 5.41) is 2.47. The number of rotatable bonds is 4. The highest BCUT2D eigenvalue weighted by Gasteiger charge is 2.12. The number of nitrogens with one attached hydrogen (secondary N) is 1. The van der Waals surface area contributed by atoms with Gasteiger partial charge in [0.05, 0.1) is 10.8 Å². The van der Waals surface area contributed by atoms with E-state index in [2.05, 4.69) is 9.97 Å². The summed E-state index contributed by atoms with van der Waals surface area (Å²) in [5.74, 6) is 1.60. The Hall–Kier alpha value is -1.52. The van der Waals surface area contributed by atoms with E-state index in [9.17, 15) is 4.79 Å². The number of thioether (sulfide) groups is 1. The molecule has 5 heteroatoms. The maximum atomic E-state index is 12.1. The molecule has 0 bridgehead atoms. The third-order valence-corrected chi connectivity index (χ3v) is 4.39. The largest absolute Gasteiger partial charge is 0.339 e. The Morgan fingerprint density at radius 1 is 1.40 bits per heavy atom. The zero-order chi connectivity index (χ0) is 14.1. The number of pyridine rings is 1. The Balaban J connectivity index is 2.14. The Bertz CT molecular complexity index is 797. The lowest BCUT2D eigenvalue weighted by molar-refractivity contribution is 0.102. The van der Waals surface area contributed by atoms with E-state index in [0.29, 0.717) is 10.8 Å². The number of benzene rings is 1. The molecule has 2 aromatic heterocycles. The van der Waals surface area contributed by atoms with Gasteiger partial charge in [-0.3, -0.25) is 4.79 Å². The second-order valence-corrected chi connectivity index (χ2v) is 6.14. The number of fused-ring (bicyclic) bond motifs is 3. The summed E-state index contributed by atoms with van der Waals surface area (Å²) in [6, 6.07) is 7.43. The van der Waals surface area contributed by atoms with Gasteiger partial charge in [-0.2, -0.15) is 11.8 Å². The molecule has 0 amide bonds. The van der Waals surface area contributed by atoms with Crippen LogP contribution in [0.1, 0.15) is 17.3 Å². The molecular formula is C15H13ClN2OS. The number of Topliss-reactive ketones (excluding diaryl/α,β-unsaturated/α-hetero) is 1. The van der Waals surface area contributed by atoms with E-state index < -0.39 is 0 Å². The van der Waals surface area contributed by atoms with Gasteiger partial charge in [0.25, 0.3) is 0 Å². The average Bonchev–Trinajstić information content (AvgIpc) is 2.83. The Morgan fingerprint density at radius 2 is 2.25 bits per heavy atom. The Labute approximate surface area is 125 Å². The van der Waals surface area contributed by atoms with Crippen molar-refractivity contribution in [2.24, 2.45) is 0 Å². The fourth-order valence-corrected chi connectivity index (χ4v) is 3.03. The quantitative estimate of drug-likeness (QED) is 0.731. The van der Waals surface area contributed by atoms with Crippen molar-refractivity contribution >= 4 is 51.1 Å². The number of nitrogens with zero attached hydrogens (tertiary/aromatic N) is 1. The molecule has 3 rings (SSSR count). The third kappa shape index (κ3) is 2.30. The van der Waals surface area contributed by atoms with Crippen LogP contribution in [0.5, 0.6) is 0 Å². The maximum absolute atomic E-state index is 12.1. The topological polar surface area (TPSA) is 45.8 Å². The zero-order valence-corrected chi connectivity index (χ0v) is 12.5. The van der Waals surface area contributed by atoms with E-state index in [1.165, 1.54) is 0 Å². The van der Waals surface area contributed by atoms with Crippen molar-refractivity contribution in [2.75, 3.05) is 11.5 Å². The van der Waals surface area contributed by atoms with Crippen LogP contribution in [0, 0.1) is 0 Å². The molecule has 0 saturated heterocycles. The number of H-pyrrole nitrogens is 1. The molecule has 0 aliphatic heterocycles. The van der Waals surface area contributed by atoms with Crippen LogP contribution in [-0.2, 0) is 0 Å². The molecule has 1 N–H and O–H groups in total. The van der Waals surface area contributed by atoms with Crippen molar-refractivity contribution in [1.29, 1.82) is 0 Å². The van der Waals surface area contributed by atoms with Crippen molar-refractivity contribution < 1.29 is 4.79 Å². The van der Waals surface area contributed by atoms with Crippen LogP contribution < -0.4 is 0 Å². The molecule has 2 heterocycles. The molecule has 1 aromatic carbocycles. The summed E-state index contributed by atoms with van der Waals surface area (Å²) in [6.07, 6.45) is 1.67. The number of aromatic amines is 1. The molecule has 0 aliphatic rings. The second-order valence-electron chi connectivity index (χ2n) is 4.46. The predicted octanol–water partition coefficient (Wildman–Crippen LogP) is 4.31. The van der Waals surface area contributed by atoms with Crippen molar-refractivity contribution in [3.8, 4) is 0 Å². The number of ketones is 1. The number of halogens is 1. The number of carbonyl (C=O) groups excluding carboxylic acids is 1. The molecule has 0 fully saturated rings. The highest BCUT2D eigenvalue weighted by molar-refractivity contribution is 7.99. The van der Waals surface area contributed by atoms with E-state index in [1.807, 2.05) is 25.1 Å². The van der Waals surface area contributed by atoms with E-state index in [0.717, 1.165) is 33.3 Å². The highest BCUT2D eigenvalue weighted by Crippen LogP contribution is 2.30. The van der Waals surface area contributed by atoms with Crippen molar-refractivity contribution in [3.05, 3.63) is 41.0 Å². The minimum absolute atomic E-state index is 0.146. The van der Waals surface area contributed by atoms with Crippen LogP contribution >= 0.6 is 23.4 Å². The molecule has 0 unspecified atom stereocenters. The highest BCUT2D eigenvalue weighted by atomic mass is 35.5. The van der Waals surface area contributed by atoms with Crippen LogP contribution in [0.25, 0.3) is 21.9 Å². The summed E-state index contributed by atoms with van der Waals surface area (Å²) in [6.45, 7) is 2.05. The predicted molar refractivity (Wildman–Crippen MR) is 85.9 cm³/mol. The maximum Gasteiger partial charge on any atom is 0.172 e. The minimum atomic E-state index is 0.146. The van der Waals surface area contributed by atoms with Crippen LogP contribution in [0.2, 0.25) is 5.02 Å². The lowest BCUT2D eigenvalue weighted by Crippen LogP contribution is -2.02. The van der Waals surface area contributed by atoms with Crippen LogP contribution in [-0.4, -0.2) is 27.3 Å². The minimum Gasteiger partial charge on any atom is -0.339 e. The lowest BCUT2D eigenvalue weighted by atomic mass is 10.1. The number of carbonyl (C=O) groups is 1. The van der Waals surface area contributed by atoms with E-state index in [4.69, 9.17) is 11.6 Å². The van der Waals surface area contributed by atoms with Gasteiger partial charge in [0.1, 0.15) is 5.65 Å². The molecule has 0 spiro atoms. The van der Waals surface area contributed by atoms with Gasteiger partial charge in [-0.15, -0.1) is 0 Å². The first-order valence-electron chi connectivity index (χ1n) is 6.37. The molecule has 0 aliphatic carbocycles. The molecular weight excluding hydrogens is 292 g/mol. The molecule has 0 atom stereocenters. The summed E-state index contributed by atoms with van der Waals surface area (Å²) in [4.78, 5) is 19.6. The fourth-order valence-electron chi connectivity index (χ4n) is 2.23. The first kappa shape index (κ1) is 13.5. The first-order chi connectivity index (χ1) is 9.70. The normalized spacial score (nSPS) is 11.3. The summed E-state index contributed by atoms with van der Waals surface area (Å²) < 4.78 is 0. The summed E-state index contributed by atoms with van der Waals surface area (Å²) in [7, 11) is 0. The number of hydrogen-bond donors (Lipinski definition) is 1. The van der Waals surface area contributed by atoms with Gasteiger partial charge in [-0.25, -0.2) is 4.98 Å². The Kier molecular flexibility index (Phi) is 3.68. The van der Waals surface area contributed by atoms with E-state index in [-0.39, 0.29) is 5.78 Å². The molecule has 0 radical (unpaired) electrons. The Morgan fingerprint density at radius 3 is 3.05 bits per heavy atom. The van der Waals surface area contributed by atoms with Gasteiger partial charge in [-0.05, 0) is 30.0 Å². The SMILES string of the molecule is CCSCC(=O)c1ccc2[nH]c3nccc(Cl)c3c2c1. The van der Waals surface area contributed by atoms with Gasteiger partial charge in [0, 0.05) is 28.0 Å². The number of aromatic nitrogens is 2. The molecule has 102 valence electrons. The van der Waals surface area contributed by atoms with Crippen LogP contribution in [0.15, 0.2) is 30.5 Å². The van der Waals surface area contributed by atoms with Crippen molar-refractivity contribution in [1.82, 2.24) is 9.97 Å². The molecule has 20 heavy (non-hydrogen) atoms. The van der Waals surface area contributed by atoms with Gasteiger partial charge in [0.2, 0.25) is 0 Å². The summed E-state index contributed by atoms with van der Waals surface area (Å²) >= 11 is 7.87. The molecule has 0 saturated carbocycles. The molecule has 3 aromatic rings. The zero-order valence-electron chi connectivity index (χ0n) is 10.9. The molecule has 3 nitrogen and oxygen atoms in total. The van der Waals surface area contributed by atoms with Gasteiger partial charge in [-0.1, -0.05) is 18.5 Å². The van der Waals surface area contributed by atoms with E-state index >= 15 is 0 Å². The van der Waals surface area contributed by atoms with Crippen molar-refractivity contribution in [3.63, 3.8) is 0 Å². The monoisotopic (exact) mass is 304 g/mol. The average molecular weight is 305 g/mol. The standard InChI is InChI=1S/C15H13ClN2OS/c1-2-20-8-13(19)9-3-4-12-10(7-9)14-11(16)5-6-17-15(14)18-12/h3-7H,2,8H2,1H3,(H,17,18).